The van der Waals surface area contributed by atoms with E-state index in [-0.39, 0.29) is 6.61 Å². The summed E-state index contributed by atoms with van der Waals surface area (Å²) in [5.74, 6) is 2.56. The van der Waals surface area contributed by atoms with Crippen LogP contribution in [0.5, 0.6) is 11.5 Å². The van der Waals surface area contributed by atoms with Gasteiger partial charge in [0.15, 0.2) is 0 Å². The monoisotopic (exact) mass is 424 g/mol. The van der Waals surface area contributed by atoms with Gasteiger partial charge in [0.05, 0.1) is 6.61 Å². The highest BCUT2D eigenvalue weighted by atomic mass is 16.6. The van der Waals surface area contributed by atoms with Gasteiger partial charge in [-0.25, -0.2) is 4.79 Å². The van der Waals surface area contributed by atoms with Gasteiger partial charge in [-0.05, 0) is 72.9 Å². The second kappa shape index (κ2) is 12.2. The molecule has 0 amide bonds. The third-order valence-electron chi connectivity index (χ3n) is 5.66. The highest BCUT2D eigenvalue weighted by Crippen LogP contribution is 2.30. The van der Waals surface area contributed by atoms with E-state index in [1.165, 1.54) is 25.7 Å². The predicted molar refractivity (Wildman–Crippen MR) is 121 cm³/mol. The van der Waals surface area contributed by atoms with Gasteiger partial charge >= 0.3 is 5.97 Å². The van der Waals surface area contributed by atoms with E-state index in [1.54, 1.807) is 7.11 Å². The van der Waals surface area contributed by atoms with Crippen molar-refractivity contribution in [2.24, 2.45) is 11.8 Å². The van der Waals surface area contributed by atoms with E-state index in [0.717, 1.165) is 41.9 Å². The molecule has 0 N–H and O–H groups in total. The third-order valence-corrected chi connectivity index (χ3v) is 5.66. The van der Waals surface area contributed by atoms with Crippen LogP contribution in [0.25, 0.3) is 11.1 Å². The number of hydrogen-bond donors (Lipinski definition) is 0. The molecule has 0 bridgehead atoms. The summed E-state index contributed by atoms with van der Waals surface area (Å²) < 4.78 is 21.8. The Bertz CT molecular complexity index is 805. The van der Waals surface area contributed by atoms with Gasteiger partial charge in [-0.2, -0.15) is 0 Å². The molecule has 0 unspecified atom stereocenters. The zero-order valence-corrected chi connectivity index (χ0v) is 18.3. The third kappa shape index (κ3) is 7.44. The van der Waals surface area contributed by atoms with Gasteiger partial charge < -0.3 is 18.9 Å². The van der Waals surface area contributed by atoms with Gasteiger partial charge in [0.2, 0.25) is 0 Å². The molecule has 0 saturated heterocycles. The number of benzene rings is 2. The lowest BCUT2D eigenvalue weighted by molar-refractivity contribution is -0.138. The van der Waals surface area contributed by atoms with Crippen molar-refractivity contribution in [3.63, 3.8) is 0 Å². The number of methoxy groups -OCH3 is 1. The van der Waals surface area contributed by atoms with E-state index < -0.39 is 5.97 Å². The van der Waals surface area contributed by atoms with Crippen molar-refractivity contribution in [3.05, 3.63) is 61.2 Å². The second-order valence-electron chi connectivity index (χ2n) is 7.92. The molecule has 5 heteroatoms. The lowest BCUT2D eigenvalue weighted by Gasteiger charge is -2.27. The molecule has 1 fully saturated rings. The van der Waals surface area contributed by atoms with Crippen molar-refractivity contribution >= 4 is 5.97 Å². The number of esters is 1. The summed E-state index contributed by atoms with van der Waals surface area (Å²) in [6.45, 7) is 5.52. The van der Waals surface area contributed by atoms with Crippen molar-refractivity contribution in [1.29, 1.82) is 0 Å². The van der Waals surface area contributed by atoms with Crippen LogP contribution in [0, 0.1) is 11.8 Å². The van der Waals surface area contributed by atoms with Crippen LogP contribution in [0.2, 0.25) is 0 Å². The van der Waals surface area contributed by atoms with Crippen molar-refractivity contribution in [3.8, 4) is 22.6 Å². The molecule has 3 rings (SSSR count). The molecule has 5 nitrogen and oxygen atoms in total. The molecule has 0 radical (unpaired) electrons. The minimum absolute atomic E-state index is 0.197. The molecular weight excluding hydrogens is 392 g/mol. The fraction of sp³-hybridized carbons (Fsp3) is 0.423. The zero-order chi connectivity index (χ0) is 21.9. The fourth-order valence-electron chi connectivity index (χ4n) is 3.86. The molecule has 166 valence electrons. The van der Waals surface area contributed by atoms with E-state index in [0.29, 0.717) is 18.4 Å². The predicted octanol–water partition coefficient (Wildman–Crippen LogP) is 5.29. The quantitative estimate of drug-likeness (QED) is 0.279. The summed E-state index contributed by atoms with van der Waals surface area (Å²) in [6.07, 6.45) is 6.05. The molecule has 2 aromatic rings. The van der Waals surface area contributed by atoms with Gasteiger partial charge in [0.1, 0.15) is 24.7 Å². The van der Waals surface area contributed by atoms with Gasteiger partial charge in [-0.3, -0.25) is 0 Å². The number of hydrogen-bond acceptors (Lipinski definition) is 5. The molecule has 0 aromatic heterocycles. The molecule has 31 heavy (non-hydrogen) atoms. The summed E-state index contributed by atoms with van der Waals surface area (Å²) in [5.41, 5.74) is 2.23. The Morgan fingerprint density at radius 1 is 0.839 bits per heavy atom. The molecule has 1 saturated carbocycles. The van der Waals surface area contributed by atoms with Crippen molar-refractivity contribution < 1.29 is 23.7 Å². The molecule has 0 aliphatic heterocycles. The maximum Gasteiger partial charge on any atom is 0.330 e. The lowest BCUT2D eigenvalue weighted by Crippen LogP contribution is -2.22. The first-order chi connectivity index (χ1) is 15.2. The minimum Gasteiger partial charge on any atom is -0.493 e. The van der Waals surface area contributed by atoms with Crippen LogP contribution in [-0.2, 0) is 14.3 Å². The van der Waals surface area contributed by atoms with Crippen LogP contribution in [0.3, 0.4) is 0 Å². The molecular formula is C26H32O5. The Morgan fingerprint density at radius 3 is 1.87 bits per heavy atom. The normalized spacial score (nSPS) is 18.2. The summed E-state index contributed by atoms with van der Waals surface area (Å²) in [5, 5.41) is 0. The lowest BCUT2D eigenvalue weighted by atomic mass is 9.83. The number of ether oxygens (including phenoxy) is 4. The number of carbonyl (C=O) groups is 1. The van der Waals surface area contributed by atoms with Crippen LogP contribution < -0.4 is 9.47 Å². The summed E-state index contributed by atoms with van der Waals surface area (Å²) in [7, 11) is 1.79. The first kappa shape index (κ1) is 22.9. The molecule has 0 heterocycles. The largest absolute Gasteiger partial charge is 0.493 e. The standard InChI is InChI=1S/C26H32O5/c1-3-26(27)30-17-16-29-24-12-8-22(9-13-24)23-10-14-25(15-11-23)31-19-21-6-4-20(5-7-21)18-28-2/h3,8-15,20-21H,1,4-7,16-19H2,2H3. The van der Waals surface area contributed by atoms with Crippen molar-refractivity contribution in [2.75, 3.05) is 33.5 Å². The van der Waals surface area contributed by atoms with E-state index >= 15 is 0 Å². The highest BCUT2D eigenvalue weighted by molar-refractivity contribution is 5.81. The van der Waals surface area contributed by atoms with E-state index in [4.69, 9.17) is 18.9 Å². The Hall–Kier alpha value is -2.79. The first-order valence-electron chi connectivity index (χ1n) is 10.9. The Balaban J connectivity index is 1.42. The summed E-state index contributed by atoms with van der Waals surface area (Å²) >= 11 is 0. The Kier molecular flexibility index (Phi) is 8.98. The molecule has 0 atom stereocenters. The second-order valence-corrected chi connectivity index (χ2v) is 7.92. The van der Waals surface area contributed by atoms with Gasteiger partial charge in [-0.1, -0.05) is 30.8 Å². The highest BCUT2D eigenvalue weighted by Gasteiger charge is 2.21. The van der Waals surface area contributed by atoms with Crippen LogP contribution >= 0.6 is 0 Å². The van der Waals surface area contributed by atoms with Crippen molar-refractivity contribution in [2.45, 2.75) is 25.7 Å². The molecule has 1 aliphatic carbocycles. The van der Waals surface area contributed by atoms with E-state index in [1.807, 2.05) is 36.4 Å². The van der Waals surface area contributed by atoms with Gasteiger partial charge in [0, 0.05) is 19.8 Å². The fourth-order valence-corrected chi connectivity index (χ4v) is 3.86. The minimum atomic E-state index is -0.444. The first-order valence-corrected chi connectivity index (χ1v) is 10.9. The Labute approximate surface area is 185 Å². The molecule has 2 aromatic carbocycles. The average Bonchev–Trinajstić information content (AvgIpc) is 2.82. The molecule has 1 aliphatic rings. The van der Waals surface area contributed by atoms with Crippen LogP contribution in [0.4, 0.5) is 0 Å². The van der Waals surface area contributed by atoms with E-state index in [9.17, 15) is 4.79 Å². The van der Waals surface area contributed by atoms with Crippen LogP contribution in [0.15, 0.2) is 61.2 Å². The topological polar surface area (TPSA) is 54.0 Å². The smallest absolute Gasteiger partial charge is 0.330 e. The van der Waals surface area contributed by atoms with Gasteiger partial charge in [-0.15, -0.1) is 0 Å². The van der Waals surface area contributed by atoms with E-state index in [2.05, 4.69) is 18.7 Å². The summed E-state index contributed by atoms with van der Waals surface area (Å²) in [4.78, 5) is 11.0. The summed E-state index contributed by atoms with van der Waals surface area (Å²) in [6, 6.07) is 16.1. The zero-order valence-electron chi connectivity index (χ0n) is 18.3. The van der Waals surface area contributed by atoms with Gasteiger partial charge in [0.25, 0.3) is 0 Å². The maximum atomic E-state index is 11.0. The number of rotatable bonds is 11. The SMILES string of the molecule is C=CC(=O)OCCOc1ccc(-c2ccc(OCC3CCC(COC)CC3)cc2)cc1. The van der Waals surface area contributed by atoms with Crippen LogP contribution in [0.1, 0.15) is 25.7 Å². The number of carbonyl (C=O) groups excluding carboxylic acids is 1. The Morgan fingerprint density at radius 2 is 1.35 bits per heavy atom. The molecule has 0 spiro atoms. The van der Waals surface area contributed by atoms with Crippen molar-refractivity contribution in [1.82, 2.24) is 0 Å². The average molecular weight is 425 g/mol. The maximum absolute atomic E-state index is 11.0. The van der Waals surface area contributed by atoms with Crippen LogP contribution in [-0.4, -0.2) is 39.5 Å².